The molecule has 0 saturated heterocycles. The van der Waals surface area contributed by atoms with Crippen molar-refractivity contribution < 1.29 is 5.11 Å². The highest BCUT2D eigenvalue weighted by Gasteiger charge is 2.00. The van der Waals surface area contributed by atoms with E-state index in [0.29, 0.717) is 11.9 Å². The molecule has 0 rings (SSSR count). The van der Waals surface area contributed by atoms with Crippen LogP contribution in [0, 0.1) is 0 Å². The Hall–Kier alpha value is 0.310. The van der Waals surface area contributed by atoms with Gasteiger partial charge in [0.2, 0.25) is 0 Å². The lowest BCUT2D eigenvalue weighted by atomic mass is 10.1. The summed E-state index contributed by atoms with van der Waals surface area (Å²) in [6, 6.07) is 0. The van der Waals surface area contributed by atoms with E-state index in [9.17, 15) is 0 Å². The minimum Gasteiger partial charge on any atom is -0.396 e. The van der Waals surface area contributed by atoms with Crippen molar-refractivity contribution >= 4 is 11.8 Å². The lowest BCUT2D eigenvalue weighted by molar-refractivity contribution is 0.289. The van der Waals surface area contributed by atoms with Gasteiger partial charge in [0.05, 0.1) is 0 Å². The maximum absolute atomic E-state index is 8.72. The minimum atomic E-state index is 0.338. The third-order valence-corrected chi connectivity index (χ3v) is 3.77. The molecule has 0 aromatic heterocycles. The number of hydrogen-bond acceptors (Lipinski definition) is 2. The van der Waals surface area contributed by atoms with Gasteiger partial charge in [-0.1, -0.05) is 46.0 Å². The van der Waals surface area contributed by atoms with Crippen LogP contribution in [-0.4, -0.2) is 22.7 Å². The summed E-state index contributed by atoms with van der Waals surface area (Å²) in [4.78, 5) is 0. The molecule has 0 fully saturated rings. The molecule has 0 bridgehead atoms. The summed E-state index contributed by atoms with van der Waals surface area (Å²) in [5.74, 6) is 1.27. The molecule has 0 spiro atoms. The van der Waals surface area contributed by atoms with Crippen molar-refractivity contribution in [2.45, 2.75) is 64.0 Å². The topological polar surface area (TPSA) is 20.2 Å². The van der Waals surface area contributed by atoms with Gasteiger partial charge in [-0.3, -0.25) is 0 Å². The Balaban J connectivity index is 2.98. The Bertz CT molecular complexity index is 106. The van der Waals surface area contributed by atoms with E-state index in [4.69, 9.17) is 5.11 Å². The van der Waals surface area contributed by atoms with Gasteiger partial charge in [0.25, 0.3) is 0 Å². The third-order valence-electron chi connectivity index (χ3n) is 2.44. The highest BCUT2D eigenvalue weighted by molar-refractivity contribution is 7.99. The predicted molar refractivity (Wildman–Crippen MR) is 67.0 cm³/mol. The summed E-state index contributed by atoms with van der Waals surface area (Å²) in [7, 11) is 0. The van der Waals surface area contributed by atoms with Gasteiger partial charge in [-0.2, -0.15) is 11.8 Å². The molecule has 1 atom stereocenters. The van der Waals surface area contributed by atoms with Crippen molar-refractivity contribution in [3.05, 3.63) is 0 Å². The molecule has 0 amide bonds. The molecule has 2 heteroatoms. The van der Waals surface area contributed by atoms with E-state index in [1.54, 1.807) is 0 Å². The van der Waals surface area contributed by atoms with Crippen molar-refractivity contribution in [2.24, 2.45) is 0 Å². The zero-order valence-electron chi connectivity index (χ0n) is 9.80. The van der Waals surface area contributed by atoms with E-state index in [2.05, 4.69) is 13.8 Å². The Morgan fingerprint density at radius 3 is 2.36 bits per heavy atom. The molecule has 0 aliphatic heterocycles. The van der Waals surface area contributed by atoms with Crippen LogP contribution in [-0.2, 0) is 0 Å². The van der Waals surface area contributed by atoms with Crippen LogP contribution in [0.3, 0.4) is 0 Å². The molecule has 0 aliphatic rings. The quantitative estimate of drug-likeness (QED) is 0.562. The van der Waals surface area contributed by atoms with E-state index in [0.717, 1.165) is 6.42 Å². The zero-order valence-corrected chi connectivity index (χ0v) is 10.6. The second kappa shape index (κ2) is 11.4. The molecule has 0 aliphatic carbocycles. The maximum atomic E-state index is 8.72. The lowest BCUT2D eigenvalue weighted by Gasteiger charge is -2.08. The van der Waals surface area contributed by atoms with Crippen molar-refractivity contribution in [1.29, 1.82) is 0 Å². The summed E-state index contributed by atoms with van der Waals surface area (Å²) in [6.07, 6.45) is 9.23. The Morgan fingerprint density at radius 1 is 1.07 bits per heavy atom. The molecule has 0 aromatic carbocycles. The molecule has 0 aromatic rings. The van der Waals surface area contributed by atoms with Crippen LogP contribution in [0.15, 0.2) is 0 Å². The number of thioether (sulfide) groups is 1. The van der Waals surface area contributed by atoms with Crippen LogP contribution >= 0.6 is 11.8 Å². The molecule has 0 radical (unpaired) electrons. The highest BCUT2D eigenvalue weighted by Crippen LogP contribution is 2.16. The molecule has 1 unspecified atom stereocenters. The second-order valence-electron chi connectivity index (χ2n) is 3.96. The molecule has 86 valence electrons. The van der Waals surface area contributed by atoms with Gasteiger partial charge < -0.3 is 5.11 Å². The van der Waals surface area contributed by atoms with Gasteiger partial charge in [0.1, 0.15) is 0 Å². The Morgan fingerprint density at radius 2 is 1.71 bits per heavy atom. The number of unbranched alkanes of at least 4 members (excludes halogenated alkanes) is 5. The Kier molecular flexibility index (Phi) is 11.6. The number of hydrogen-bond donors (Lipinski definition) is 1. The molecular weight excluding hydrogens is 192 g/mol. The summed E-state index contributed by atoms with van der Waals surface area (Å²) < 4.78 is 0. The average molecular weight is 218 g/mol. The van der Waals surface area contributed by atoms with E-state index >= 15 is 0 Å². The van der Waals surface area contributed by atoms with E-state index in [1.807, 2.05) is 11.8 Å². The minimum absolute atomic E-state index is 0.338. The monoisotopic (exact) mass is 218 g/mol. The van der Waals surface area contributed by atoms with E-state index in [1.165, 1.54) is 44.3 Å². The smallest absolute Gasteiger partial charge is 0.0441 e. The first-order valence-electron chi connectivity index (χ1n) is 6.03. The van der Waals surface area contributed by atoms with Crippen molar-refractivity contribution in [3.8, 4) is 0 Å². The SMILES string of the molecule is CCCCCCCCSC(C)CCO. The van der Waals surface area contributed by atoms with Crippen molar-refractivity contribution in [1.82, 2.24) is 0 Å². The number of aliphatic hydroxyl groups is 1. The molecule has 14 heavy (non-hydrogen) atoms. The van der Waals surface area contributed by atoms with Crippen molar-refractivity contribution in [2.75, 3.05) is 12.4 Å². The van der Waals surface area contributed by atoms with E-state index < -0.39 is 0 Å². The largest absolute Gasteiger partial charge is 0.396 e. The predicted octanol–water partition coefficient (Wildman–Crippen LogP) is 3.85. The fourth-order valence-corrected chi connectivity index (χ4v) is 2.48. The van der Waals surface area contributed by atoms with Gasteiger partial charge in [-0.15, -0.1) is 0 Å². The highest BCUT2D eigenvalue weighted by atomic mass is 32.2. The van der Waals surface area contributed by atoms with Crippen LogP contribution in [0.5, 0.6) is 0 Å². The van der Waals surface area contributed by atoms with Crippen LogP contribution in [0.1, 0.15) is 58.8 Å². The van der Waals surface area contributed by atoms with Crippen LogP contribution in [0.25, 0.3) is 0 Å². The van der Waals surface area contributed by atoms with Gasteiger partial charge in [-0.05, 0) is 18.6 Å². The Labute approximate surface area is 93.7 Å². The van der Waals surface area contributed by atoms with Crippen LogP contribution in [0.4, 0.5) is 0 Å². The molecule has 1 nitrogen and oxygen atoms in total. The van der Waals surface area contributed by atoms with Gasteiger partial charge in [-0.25, -0.2) is 0 Å². The fraction of sp³-hybridized carbons (Fsp3) is 1.00. The average Bonchev–Trinajstić information content (AvgIpc) is 2.17. The second-order valence-corrected chi connectivity index (χ2v) is 5.51. The summed E-state index contributed by atoms with van der Waals surface area (Å²) in [5.41, 5.74) is 0. The first-order valence-corrected chi connectivity index (χ1v) is 7.08. The first-order chi connectivity index (χ1) is 6.81. The third kappa shape index (κ3) is 10.4. The zero-order chi connectivity index (χ0) is 10.6. The lowest BCUT2D eigenvalue weighted by Crippen LogP contribution is -2.00. The fourth-order valence-electron chi connectivity index (χ4n) is 1.43. The molecule has 0 heterocycles. The number of aliphatic hydroxyl groups excluding tert-OH is 1. The summed E-state index contributed by atoms with van der Waals surface area (Å²) in [5, 5.41) is 9.36. The van der Waals surface area contributed by atoms with E-state index in [-0.39, 0.29) is 0 Å². The first kappa shape index (κ1) is 14.3. The molecule has 1 N–H and O–H groups in total. The van der Waals surface area contributed by atoms with Crippen LogP contribution < -0.4 is 0 Å². The van der Waals surface area contributed by atoms with Gasteiger partial charge in [0.15, 0.2) is 0 Å². The summed E-state index contributed by atoms with van der Waals surface area (Å²) in [6.45, 7) is 4.80. The normalized spacial score (nSPS) is 13.1. The molecular formula is C12H26OS. The standard InChI is InChI=1S/C12H26OS/c1-3-4-5-6-7-8-11-14-12(2)9-10-13/h12-13H,3-11H2,1-2H3. The van der Waals surface area contributed by atoms with Gasteiger partial charge >= 0.3 is 0 Å². The maximum Gasteiger partial charge on any atom is 0.0441 e. The van der Waals surface area contributed by atoms with Crippen molar-refractivity contribution in [3.63, 3.8) is 0 Å². The van der Waals surface area contributed by atoms with Gasteiger partial charge in [0, 0.05) is 11.9 Å². The number of rotatable bonds is 10. The molecule has 0 saturated carbocycles. The van der Waals surface area contributed by atoms with Crippen LogP contribution in [0.2, 0.25) is 0 Å². The summed E-state index contributed by atoms with van der Waals surface area (Å²) >= 11 is 2.00.